The molecule has 18 heavy (non-hydrogen) atoms. The minimum atomic E-state index is 0.0290. The Hall–Kier alpha value is -0.120. The molecule has 0 aromatic carbocycles. The first-order valence-corrected chi connectivity index (χ1v) is 7.60. The molecule has 2 fully saturated rings. The molecule has 106 valence electrons. The predicted molar refractivity (Wildman–Crippen MR) is 75.9 cm³/mol. The number of piperidine rings is 1. The number of rotatable bonds is 7. The van der Waals surface area contributed by atoms with Gasteiger partial charge in [-0.05, 0) is 65.0 Å². The van der Waals surface area contributed by atoms with Gasteiger partial charge in [0.25, 0.3) is 0 Å². The van der Waals surface area contributed by atoms with Crippen molar-refractivity contribution in [1.82, 2.24) is 10.2 Å². The van der Waals surface area contributed by atoms with Crippen LogP contribution in [0.2, 0.25) is 0 Å². The highest BCUT2D eigenvalue weighted by Gasteiger charge is 2.31. The summed E-state index contributed by atoms with van der Waals surface area (Å²) in [6.45, 7) is 9.34. The van der Waals surface area contributed by atoms with Crippen molar-refractivity contribution in [2.75, 3.05) is 33.3 Å². The van der Waals surface area contributed by atoms with Crippen molar-refractivity contribution in [3.8, 4) is 0 Å². The number of nitrogens with zero attached hydrogens (tertiary/aromatic N) is 1. The highest BCUT2D eigenvalue weighted by atomic mass is 16.5. The number of nitrogens with one attached hydrogen (secondary N) is 1. The lowest BCUT2D eigenvalue weighted by Crippen LogP contribution is -2.39. The van der Waals surface area contributed by atoms with Crippen molar-refractivity contribution in [2.24, 2.45) is 5.92 Å². The van der Waals surface area contributed by atoms with Gasteiger partial charge < -0.3 is 15.0 Å². The molecule has 0 amide bonds. The van der Waals surface area contributed by atoms with Gasteiger partial charge >= 0.3 is 0 Å². The van der Waals surface area contributed by atoms with Gasteiger partial charge in [-0.25, -0.2) is 0 Å². The molecule has 1 aliphatic heterocycles. The molecule has 3 heteroatoms. The maximum Gasteiger partial charge on any atom is 0.0634 e. The third kappa shape index (κ3) is 4.52. The van der Waals surface area contributed by atoms with Crippen molar-refractivity contribution >= 4 is 0 Å². The Balaban J connectivity index is 1.76. The molecule has 1 aliphatic carbocycles. The minimum Gasteiger partial charge on any atom is -0.379 e. The van der Waals surface area contributed by atoms with Crippen LogP contribution in [0.3, 0.4) is 0 Å². The molecule has 0 unspecified atom stereocenters. The maximum absolute atomic E-state index is 5.54. The van der Waals surface area contributed by atoms with Gasteiger partial charge in [0.2, 0.25) is 0 Å². The fraction of sp³-hybridized carbons (Fsp3) is 1.00. The van der Waals surface area contributed by atoms with E-state index in [1.165, 1.54) is 51.9 Å². The zero-order valence-corrected chi connectivity index (χ0v) is 12.4. The molecule has 0 bridgehead atoms. The smallest absolute Gasteiger partial charge is 0.0634 e. The number of ether oxygens (including phenoxy) is 1. The van der Waals surface area contributed by atoms with E-state index in [-0.39, 0.29) is 5.60 Å². The van der Waals surface area contributed by atoms with Crippen LogP contribution in [0.4, 0.5) is 0 Å². The molecule has 2 rings (SSSR count). The van der Waals surface area contributed by atoms with Crippen LogP contribution in [-0.4, -0.2) is 49.8 Å². The van der Waals surface area contributed by atoms with Gasteiger partial charge in [0, 0.05) is 26.2 Å². The first-order valence-electron chi connectivity index (χ1n) is 7.60. The van der Waals surface area contributed by atoms with E-state index in [4.69, 9.17) is 4.74 Å². The third-order valence-electron chi connectivity index (χ3n) is 4.57. The molecule has 0 aromatic rings. The summed E-state index contributed by atoms with van der Waals surface area (Å²) in [5.74, 6) is 0.914. The molecule has 3 nitrogen and oxygen atoms in total. The largest absolute Gasteiger partial charge is 0.379 e. The molecular weight excluding hydrogens is 224 g/mol. The van der Waals surface area contributed by atoms with Gasteiger partial charge in [0.1, 0.15) is 0 Å². The van der Waals surface area contributed by atoms with Crippen molar-refractivity contribution in [3.63, 3.8) is 0 Å². The van der Waals surface area contributed by atoms with Crippen LogP contribution in [0.1, 0.15) is 46.0 Å². The van der Waals surface area contributed by atoms with Crippen molar-refractivity contribution in [3.05, 3.63) is 0 Å². The summed E-state index contributed by atoms with van der Waals surface area (Å²) in [5, 5.41) is 3.46. The van der Waals surface area contributed by atoms with Crippen molar-refractivity contribution in [1.29, 1.82) is 0 Å². The van der Waals surface area contributed by atoms with E-state index in [0.29, 0.717) is 0 Å². The maximum atomic E-state index is 5.54. The SMILES string of the molecule is COC(C)(C)CCN(CC1CCNCC1)C1CC1. The topological polar surface area (TPSA) is 24.5 Å². The van der Waals surface area contributed by atoms with Gasteiger partial charge in [-0.1, -0.05) is 0 Å². The van der Waals surface area contributed by atoms with E-state index in [2.05, 4.69) is 24.1 Å². The van der Waals surface area contributed by atoms with Crippen molar-refractivity contribution < 1.29 is 4.74 Å². The molecule has 0 atom stereocenters. The lowest BCUT2D eigenvalue weighted by atomic mass is 9.97. The Labute approximate surface area is 112 Å². The van der Waals surface area contributed by atoms with Gasteiger partial charge in [0.15, 0.2) is 0 Å². The van der Waals surface area contributed by atoms with Crippen LogP contribution < -0.4 is 5.32 Å². The number of hydrogen-bond donors (Lipinski definition) is 1. The summed E-state index contributed by atoms with van der Waals surface area (Å²) in [6, 6.07) is 0.882. The van der Waals surface area contributed by atoms with Gasteiger partial charge in [-0.3, -0.25) is 0 Å². The van der Waals surface area contributed by atoms with Crippen LogP contribution in [0.25, 0.3) is 0 Å². The summed E-state index contributed by atoms with van der Waals surface area (Å²) in [7, 11) is 1.83. The van der Waals surface area contributed by atoms with E-state index in [1.807, 2.05) is 7.11 Å². The lowest BCUT2D eigenvalue weighted by molar-refractivity contribution is 0.00521. The molecule has 0 aromatic heterocycles. The van der Waals surface area contributed by atoms with E-state index in [0.717, 1.165) is 18.4 Å². The number of hydrogen-bond acceptors (Lipinski definition) is 3. The van der Waals surface area contributed by atoms with Gasteiger partial charge in [-0.2, -0.15) is 0 Å². The van der Waals surface area contributed by atoms with Gasteiger partial charge in [0.05, 0.1) is 5.60 Å². The second kappa shape index (κ2) is 6.36. The Morgan fingerprint density at radius 3 is 2.39 bits per heavy atom. The average Bonchev–Trinajstić information content (AvgIpc) is 3.20. The minimum absolute atomic E-state index is 0.0290. The predicted octanol–water partition coefficient (Wildman–Crippen LogP) is 2.27. The van der Waals surface area contributed by atoms with E-state index >= 15 is 0 Å². The van der Waals surface area contributed by atoms with Crippen LogP contribution in [0.5, 0.6) is 0 Å². The zero-order valence-electron chi connectivity index (χ0n) is 12.4. The average molecular weight is 254 g/mol. The Bertz CT molecular complexity index is 245. The molecule has 1 N–H and O–H groups in total. The summed E-state index contributed by atoms with van der Waals surface area (Å²) in [4.78, 5) is 2.73. The molecular formula is C15H30N2O. The third-order valence-corrected chi connectivity index (χ3v) is 4.57. The fourth-order valence-corrected chi connectivity index (χ4v) is 2.77. The van der Waals surface area contributed by atoms with Crippen LogP contribution in [0, 0.1) is 5.92 Å². The van der Waals surface area contributed by atoms with Crippen LogP contribution in [0.15, 0.2) is 0 Å². The second-order valence-corrected chi connectivity index (χ2v) is 6.63. The van der Waals surface area contributed by atoms with Gasteiger partial charge in [-0.15, -0.1) is 0 Å². The monoisotopic (exact) mass is 254 g/mol. The molecule has 0 spiro atoms. The number of methoxy groups -OCH3 is 1. The normalized spacial score (nSPS) is 22.7. The Kier molecular flexibility index (Phi) is 5.05. The summed E-state index contributed by atoms with van der Waals surface area (Å²) in [6.07, 6.45) is 6.69. The molecule has 1 saturated carbocycles. The second-order valence-electron chi connectivity index (χ2n) is 6.63. The summed E-state index contributed by atoms with van der Waals surface area (Å²) < 4.78 is 5.54. The molecule has 1 heterocycles. The van der Waals surface area contributed by atoms with Crippen molar-refractivity contribution in [2.45, 2.75) is 57.6 Å². The molecule has 1 saturated heterocycles. The quantitative estimate of drug-likeness (QED) is 0.754. The highest BCUT2D eigenvalue weighted by molar-refractivity contribution is 4.87. The molecule has 2 aliphatic rings. The van der Waals surface area contributed by atoms with E-state index in [9.17, 15) is 0 Å². The Morgan fingerprint density at radius 1 is 1.17 bits per heavy atom. The Morgan fingerprint density at radius 2 is 1.83 bits per heavy atom. The standard InChI is InChI=1S/C15H30N2O/c1-15(2,18-3)8-11-17(14-4-5-14)12-13-6-9-16-10-7-13/h13-14,16H,4-12H2,1-3H3. The highest BCUT2D eigenvalue weighted by Crippen LogP contribution is 2.30. The van der Waals surface area contributed by atoms with E-state index in [1.54, 1.807) is 0 Å². The lowest BCUT2D eigenvalue weighted by Gasteiger charge is -2.32. The van der Waals surface area contributed by atoms with Crippen LogP contribution >= 0.6 is 0 Å². The molecule has 0 radical (unpaired) electrons. The first kappa shape index (κ1) is 14.3. The van der Waals surface area contributed by atoms with E-state index < -0.39 is 0 Å². The fourth-order valence-electron chi connectivity index (χ4n) is 2.77. The van der Waals surface area contributed by atoms with Crippen LogP contribution in [-0.2, 0) is 4.74 Å². The summed E-state index contributed by atoms with van der Waals surface area (Å²) >= 11 is 0. The zero-order chi connectivity index (χ0) is 13.0. The first-order chi connectivity index (χ1) is 8.61. The summed E-state index contributed by atoms with van der Waals surface area (Å²) in [5.41, 5.74) is 0.0290.